The number of anilines is 1. The van der Waals surface area contributed by atoms with Crippen LogP contribution in [0.4, 0.5) is 5.82 Å². The molecular weight excluding hydrogens is 422 g/mol. The Balaban J connectivity index is 1.49. The molecule has 178 valence electrons. The van der Waals surface area contributed by atoms with Crippen molar-refractivity contribution in [2.24, 2.45) is 0 Å². The van der Waals surface area contributed by atoms with Gasteiger partial charge in [-0.1, -0.05) is 37.3 Å². The van der Waals surface area contributed by atoms with Crippen molar-refractivity contribution in [1.29, 1.82) is 0 Å². The number of aromatic nitrogens is 2. The molecule has 9 nitrogen and oxygen atoms in total. The van der Waals surface area contributed by atoms with Gasteiger partial charge in [0.15, 0.2) is 0 Å². The van der Waals surface area contributed by atoms with Gasteiger partial charge in [0.1, 0.15) is 5.82 Å². The van der Waals surface area contributed by atoms with Crippen molar-refractivity contribution in [2.75, 3.05) is 31.5 Å². The highest BCUT2D eigenvalue weighted by Gasteiger charge is 2.34. The number of likely N-dealkylation sites (tertiary alicyclic amines) is 1. The molecule has 1 aromatic heterocycles. The molecule has 1 fully saturated rings. The van der Waals surface area contributed by atoms with Crippen molar-refractivity contribution in [3.63, 3.8) is 0 Å². The molecule has 0 aliphatic carbocycles. The second-order valence-electron chi connectivity index (χ2n) is 8.77. The Kier molecular flexibility index (Phi) is 8.21. The Morgan fingerprint density at radius 2 is 1.88 bits per heavy atom. The fraction of sp³-hybridized carbons (Fsp3) is 0.500. The van der Waals surface area contributed by atoms with Crippen LogP contribution >= 0.6 is 0 Å². The second-order valence-corrected chi connectivity index (χ2v) is 8.77. The zero-order valence-corrected chi connectivity index (χ0v) is 19.3. The van der Waals surface area contributed by atoms with Gasteiger partial charge in [-0.15, -0.1) is 0 Å². The number of piperidine rings is 1. The fourth-order valence-corrected chi connectivity index (χ4v) is 4.01. The lowest BCUT2D eigenvalue weighted by atomic mass is 9.90. The highest BCUT2D eigenvalue weighted by atomic mass is 16.3. The van der Waals surface area contributed by atoms with E-state index in [1.807, 2.05) is 37.3 Å². The van der Waals surface area contributed by atoms with Gasteiger partial charge in [-0.05, 0) is 24.3 Å². The molecule has 33 heavy (non-hydrogen) atoms. The normalized spacial score (nSPS) is 16.2. The van der Waals surface area contributed by atoms with Crippen LogP contribution in [-0.2, 0) is 16.1 Å². The van der Waals surface area contributed by atoms with E-state index in [1.54, 1.807) is 4.90 Å². The average Bonchev–Trinajstić information content (AvgIpc) is 2.79. The number of nitrogens with one attached hydrogen (secondary N) is 2. The van der Waals surface area contributed by atoms with Gasteiger partial charge in [0, 0.05) is 45.6 Å². The predicted octanol–water partition coefficient (Wildman–Crippen LogP) is 1.34. The Hall–Kier alpha value is -3.20. The van der Waals surface area contributed by atoms with Crippen LogP contribution in [0.5, 0.6) is 0 Å². The van der Waals surface area contributed by atoms with Crippen LogP contribution in [0.2, 0.25) is 0 Å². The summed E-state index contributed by atoms with van der Waals surface area (Å²) in [4.78, 5) is 42.1. The van der Waals surface area contributed by atoms with Crippen LogP contribution in [-0.4, -0.2) is 63.2 Å². The summed E-state index contributed by atoms with van der Waals surface area (Å²) in [5.74, 6) is 0.518. The molecule has 1 aliphatic rings. The average molecular weight is 456 g/mol. The maximum Gasteiger partial charge on any atom is 0.255 e. The zero-order valence-electron chi connectivity index (χ0n) is 19.3. The lowest BCUT2D eigenvalue weighted by molar-refractivity contribution is -0.136. The van der Waals surface area contributed by atoms with Gasteiger partial charge in [-0.3, -0.25) is 19.0 Å². The van der Waals surface area contributed by atoms with E-state index in [4.69, 9.17) is 0 Å². The van der Waals surface area contributed by atoms with E-state index < -0.39 is 5.60 Å². The molecule has 2 aromatic rings. The third kappa shape index (κ3) is 7.15. The van der Waals surface area contributed by atoms with Crippen LogP contribution in [0.25, 0.3) is 0 Å². The number of benzene rings is 1. The molecule has 3 rings (SSSR count). The highest BCUT2D eigenvalue weighted by Crippen LogP contribution is 2.26. The van der Waals surface area contributed by atoms with Crippen molar-refractivity contribution >= 4 is 17.6 Å². The number of carbonyl (C=O) groups excluding carboxylic acids is 2. The molecule has 1 aliphatic heterocycles. The Morgan fingerprint density at radius 1 is 1.18 bits per heavy atom. The van der Waals surface area contributed by atoms with Crippen molar-refractivity contribution in [1.82, 2.24) is 19.8 Å². The fourth-order valence-electron chi connectivity index (χ4n) is 4.01. The van der Waals surface area contributed by atoms with E-state index in [1.165, 1.54) is 23.9 Å². The van der Waals surface area contributed by atoms with Crippen molar-refractivity contribution < 1.29 is 14.7 Å². The molecule has 2 amide bonds. The Bertz CT molecular complexity index is 999. The molecule has 0 spiro atoms. The van der Waals surface area contributed by atoms with Crippen LogP contribution < -0.4 is 16.2 Å². The minimum atomic E-state index is -1.06. The molecule has 1 saturated heterocycles. The number of hydrogen-bond acceptors (Lipinski definition) is 6. The molecule has 1 aromatic carbocycles. The molecule has 3 N–H and O–H groups in total. The molecule has 1 atom stereocenters. The Labute approximate surface area is 193 Å². The first kappa shape index (κ1) is 24.4. The van der Waals surface area contributed by atoms with Crippen LogP contribution in [0.15, 0.2) is 47.5 Å². The van der Waals surface area contributed by atoms with E-state index in [2.05, 4.69) is 15.6 Å². The molecule has 0 bridgehead atoms. The summed E-state index contributed by atoms with van der Waals surface area (Å²) in [5.41, 5.74) is -0.192. The predicted molar refractivity (Wildman–Crippen MR) is 126 cm³/mol. The first-order valence-corrected chi connectivity index (χ1v) is 11.4. The standard InChI is InChI=1S/C24H33N5O4/c1-18(20-6-4-3-5-7-20)14-22(31)28-12-8-24(33,9-13-28)16-29-17-27-21(15-23(29)32)26-11-10-25-19(2)30/h3-7,15,17-18,26,33H,8-14,16H2,1-2H3,(H,25,30)/t18-/m1/s1. The summed E-state index contributed by atoms with van der Waals surface area (Å²) >= 11 is 0. The first-order chi connectivity index (χ1) is 15.8. The number of hydrogen-bond donors (Lipinski definition) is 3. The lowest BCUT2D eigenvalue weighted by Crippen LogP contribution is -2.49. The molecule has 0 radical (unpaired) electrons. The number of nitrogens with zero attached hydrogens (tertiary/aromatic N) is 3. The van der Waals surface area contributed by atoms with Crippen LogP contribution in [0.1, 0.15) is 44.6 Å². The van der Waals surface area contributed by atoms with Gasteiger partial charge >= 0.3 is 0 Å². The van der Waals surface area contributed by atoms with Crippen LogP contribution in [0, 0.1) is 0 Å². The summed E-state index contributed by atoms with van der Waals surface area (Å²) < 4.78 is 1.40. The molecule has 2 heterocycles. The molecular formula is C24H33N5O4. The summed E-state index contributed by atoms with van der Waals surface area (Å²) in [6.45, 7) is 5.42. The van der Waals surface area contributed by atoms with Gasteiger partial charge < -0.3 is 20.6 Å². The summed E-state index contributed by atoms with van der Waals surface area (Å²) in [5, 5.41) is 16.7. The summed E-state index contributed by atoms with van der Waals surface area (Å²) in [6, 6.07) is 11.3. The van der Waals surface area contributed by atoms with Gasteiger partial charge in [0.25, 0.3) is 5.56 Å². The zero-order chi connectivity index (χ0) is 23.8. The highest BCUT2D eigenvalue weighted by molar-refractivity contribution is 5.77. The van der Waals surface area contributed by atoms with E-state index in [9.17, 15) is 19.5 Å². The first-order valence-electron chi connectivity index (χ1n) is 11.4. The van der Waals surface area contributed by atoms with Gasteiger partial charge in [0.05, 0.1) is 18.5 Å². The van der Waals surface area contributed by atoms with Crippen molar-refractivity contribution in [2.45, 2.75) is 51.2 Å². The third-order valence-corrected chi connectivity index (χ3v) is 6.05. The summed E-state index contributed by atoms with van der Waals surface area (Å²) in [6.07, 6.45) is 2.66. The van der Waals surface area contributed by atoms with Crippen molar-refractivity contribution in [3.8, 4) is 0 Å². The SMILES string of the molecule is CC(=O)NCCNc1cc(=O)n(CC2(O)CCN(C(=O)C[C@@H](C)c3ccccc3)CC2)cn1. The molecule has 0 unspecified atom stereocenters. The molecule has 0 saturated carbocycles. The van der Waals surface area contributed by atoms with E-state index in [-0.39, 0.29) is 29.8 Å². The minimum absolute atomic E-state index is 0.0851. The van der Waals surface area contributed by atoms with E-state index in [0.29, 0.717) is 51.3 Å². The monoisotopic (exact) mass is 455 g/mol. The van der Waals surface area contributed by atoms with Gasteiger partial charge in [-0.2, -0.15) is 0 Å². The third-order valence-electron chi connectivity index (χ3n) is 6.05. The summed E-state index contributed by atoms with van der Waals surface area (Å²) in [7, 11) is 0. The maximum absolute atomic E-state index is 12.7. The number of rotatable bonds is 9. The van der Waals surface area contributed by atoms with Crippen LogP contribution in [0.3, 0.4) is 0 Å². The van der Waals surface area contributed by atoms with Crippen molar-refractivity contribution in [3.05, 3.63) is 58.6 Å². The quantitative estimate of drug-likeness (QED) is 0.492. The minimum Gasteiger partial charge on any atom is -0.388 e. The largest absolute Gasteiger partial charge is 0.388 e. The lowest BCUT2D eigenvalue weighted by Gasteiger charge is -2.38. The topological polar surface area (TPSA) is 117 Å². The number of amides is 2. The maximum atomic E-state index is 12.7. The van der Waals surface area contributed by atoms with E-state index >= 15 is 0 Å². The van der Waals surface area contributed by atoms with E-state index in [0.717, 1.165) is 5.56 Å². The molecule has 9 heteroatoms. The number of carbonyl (C=O) groups is 2. The van der Waals surface area contributed by atoms with Gasteiger partial charge in [-0.25, -0.2) is 4.98 Å². The smallest absolute Gasteiger partial charge is 0.255 e. The second kappa shape index (κ2) is 11.1. The van der Waals surface area contributed by atoms with Gasteiger partial charge in [0.2, 0.25) is 11.8 Å². The number of aliphatic hydroxyl groups is 1. The Morgan fingerprint density at radius 3 is 2.52 bits per heavy atom.